The van der Waals surface area contributed by atoms with Crippen LogP contribution in [0.3, 0.4) is 0 Å². The molecule has 3 nitrogen and oxygen atoms in total. The van der Waals surface area contributed by atoms with Crippen LogP contribution in [-0.2, 0) is 12.8 Å². The summed E-state index contributed by atoms with van der Waals surface area (Å²) in [6, 6.07) is 8.47. The lowest BCUT2D eigenvalue weighted by atomic mass is 10.1. The van der Waals surface area contributed by atoms with Crippen molar-refractivity contribution in [1.82, 2.24) is 9.78 Å². The fraction of sp³-hybridized carbons (Fsp3) is 0.308. The molecular formula is C13H17N3. The van der Waals surface area contributed by atoms with E-state index >= 15 is 0 Å². The number of nitrogens with two attached hydrogens (primary N) is 1. The first-order valence-corrected chi connectivity index (χ1v) is 5.66. The molecule has 0 aliphatic heterocycles. The summed E-state index contributed by atoms with van der Waals surface area (Å²) >= 11 is 0. The average Bonchev–Trinajstić information content (AvgIpc) is 2.78. The molecule has 1 aromatic carbocycles. The first-order valence-electron chi connectivity index (χ1n) is 5.66. The van der Waals surface area contributed by atoms with Gasteiger partial charge in [0, 0.05) is 6.20 Å². The van der Waals surface area contributed by atoms with E-state index in [2.05, 4.69) is 36.3 Å². The van der Waals surface area contributed by atoms with Gasteiger partial charge in [-0.1, -0.05) is 19.1 Å². The predicted octanol–water partition coefficient (Wildman–Crippen LogP) is 1.94. The fourth-order valence-electron chi connectivity index (χ4n) is 1.68. The van der Waals surface area contributed by atoms with Gasteiger partial charge in [0.25, 0.3) is 0 Å². The van der Waals surface area contributed by atoms with Gasteiger partial charge >= 0.3 is 0 Å². The van der Waals surface area contributed by atoms with Crippen LogP contribution in [-0.4, -0.2) is 16.3 Å². The van der Waals surface area contributed by atoms with Gasteiger partial charge in [-0.2, -0.15) is 5.10 Å². The summed E-state index contributed by atoms with van der Waals surface area (Å²) in [6.07, 6.45) is 5.86. The molecule has 2 aromatic rings. The van der Waals surface area contributed by atoms with Crippen LogP contribution in [0.4, 0.5) is 0 Å². The molecule has 0 spiro atoms. The smallest absolute Gasteiger partial charge is 0.0645 e. The second-order valence-corrected chi connectivity index (χ2v) is 3.85. The fourth-order valence-corrected chi connectivity index (χ4v) is 1.68. The van der Waals surface area contributed by atoms with E-state index in [1.54, 1.807) is 0 Å². The van der Waals surface area contributed by atoms with Gasteiger partial charge in [-0.3, -0.25) is 0 Å². The molecule has 2 N–H and O–H groups in total. The monoisotopic (exact) mass is 215 g/mol. The number of aromatic nitrogens is 2. The number of nitrogens with zero attached hydrogens (tertiary/aromatic N) is 2. The van der Waals surface area contributed by atoms with Crippen molar-refractivity contribution in [2.75, 3.05) is 6.54 Å². The van der Waals surface area contributed by atoms with E-state index in [0.717, 1.165) is 18.5 Å². The molecule has 0 radical (unpaired) electrons. The van der Waals surface area contributed by atoms with Crippen molar-refractivity contribution in [1.29, 1.82) is 0 Å². The Balaban J connectivity index is 2.21. The number of hydrogen-bond donors (Lipinski definition) is 1. The van der Waals surface area contributed by atoms with E-state index in [1.807, 2.05) is 17.1 Å². The molecule has 16 heavy (non-hydrogen) atoms. The predicted molar refractivity (Wildman–Crippen MR) is 65.7 cm³/mol. The van der Waals surface area contributed by atoms with Gasteiger partial charge in [0.05, 0.1) is 11.9 Å². The standard InChI is InChI=1S/C13H17N3/c1-2-11-3-5-13(6-4-11)16-10-12(7-8-14)9-15-16/h3-6,9-10H,2,7-8,14H2,1H3. The van der Waals surface area contributed by atoms with Gasteiger partial charge in [-0.15, -0.1) is 0 Å². The molecule has 0 amide bonds. The zero-order valence-electron chi connectivity index (χ0n) is 9.56. The van der Waals surface area contributed by atoms with Crippen molar-refractivity contribution in [3.63, 3.8) is 0 Å². The summed E-state index contributed by atoms with van der Waals surface area (Å²) in [5.74, 6) is 0. The summed E-state index contributed by atoms with van der Waals surface area (Å²) in [7, 11) is 0. The molecular weight excluding hydrogens is 198 g/mol. The summed E-state index contributed by atoms with van der Waals surface area (Å²) in [6.45, 7) is 2.82. The van der Waals surface area contributed by atoms with Crippen molar-refractivity contribution < 1.29 is 0 Å². The van der Waals surface area contributed by atoms with Gasteiger partial charge in [0.2, 0.25) is 0 Å². The second kappa shape index (κ2) is 4.94. The third-order valence-electron chi connectivity index (χ3n) is 2.68. The van der Waals surface area contributed by atoms with Crippen molar-refractivity contribution in [2.24, 2.45) is 5.73 Å². The van der Waals surface area contributed by atoms with E-state index in [0.29, 0.717) is 6.54 Å². The third-order valence-corrected chi connectivity index (χ3v) is 2.68. The van der Waals surface area contributed by atoms with E-state index < -0.39 is 0 Å². The largest absolute Gasteiger partial charge is 0.330 e. The third kappa shape index (κ3) is 2.31. The summed E-state index contributed by atoms with van der Waals surface area (Å²) in [4.78, 5) is 0. The Morgan fingerprint density at radius 1 is 1.19 bits per heavy atom. The van der Waals surface area contributed by atoms with Crippen LogP contribution in [0, 0.1) is 0 Å². The van der Waals surface area contributed by atoms with Gasteiger partial charge in [-0.05, 0) is 42.6 Å². The normalized spacial score (nSPS) is 10.6. The topological polar surface area (TPSA) is 43.8 Å². The van der Waals surface area contributed by atoms with E-state index in [4.69, 9.17) is 5.73 Å². The number of benzene rings is 1. The van der Waals surface area contributed by atoms with Crippen molar-refractivity contribution in [2.45, 2.75) is 19.8 Å². The number of aryl methyl sites for hydroxylation is 1. The molecule has 0 aliphatic carbocycles. The van der Waals surface area contributed by atoms with Crippen LogP contribution in [0.1, 0.15) is 18.1 Å². The molecule has 84 valence electrons. The number of rotatable bonds is 4. The van der Waals surface area contributed by atoms with Crippen LogP contribution in [0.2, 0.25) is 0 Å². The first kappa shape index (κ1) is 10.9. The summed E-state index contributed by atoms with van der Waals surface area (Å²) in [5.41, 5.74) is 9.13. The molecule has 1 aromatic heterocycles. The Labute approximate surface area is 95.9 Å². The van der Waals surface area contributed by atoms with E-state index in [1.165, 1.54) is 11.1 Å². The minimum Gasteiger partial charge on any atom is -0.330 e. The molecule has 0 bridgehead atoms. The lowest BCUT2D eigenvalue weighted by molar-refractivity contribution is 0.877. The lowest BCUT2D eigenvalue weighted by Crippen LogP contribution is -2.01. The van der Waals surface area contributed by atoms with Crippen molar-refractivity contribution in [3.8, 4) is 5.69 Å². The van der Waals surface area contributed by atoms with Gasteiger partial charge in [-0.25, -0.2) is 4.68 Å². The molecule has 0 saturated heterocycles. The highest BCUT2D eigenvalue weighted by Crippen LogP contribution is 2.10. The van der Waals surface area contributed by atoms with Crippen LogP contribution in [0.25, 0.3) is 5.69 Å². The van der Waals surface area contributed by atoms with Crippen LogP contribution in [0.15, 0.2) is 36.7 Å². The van der Waals surface area contributed by atoms with Gasteiger partial charge < -0.3 is 5.73 Å². The molecule has 2 rings (SSSR count). The van der Waals surface area contributed by atoms with Gasteiger partial charge in [0.1, 0.15) is 0 Å². The highest BCUT2D eigenvalue weighted by Gasteiger charge is 2.00. The maximum atomic E-state index is 5.51. The van der Waals surface area contributed by atoms with E-state index in [-0.39, 0.29) is 0 Å². The Hall–Kier alpha value is -1.61. The Bertz CT molecular complexity index is 442. The first-order chi connectivity index (χ1) is 7.83. The summed E-state index contributed by atoms with van der Waals surface area (Å²) < 4.78 is 1.89. The average molecular weight is 215 g/mol. The molecule has 0 aliphatic rings. The molecule has 0 fully saturated rings. The molecule has 3 heteroatoms. The maximum Gasteiger partial charge on any atom is 0.0645 e. The van der Waals surface area contributed by atoms with Crippen LogP contribution < -0.4 is 5.73 Å². The SMILES string of the molecule is CCc1ccc(-n2cc(CCN)cn2)cc1. The Morgan fingerprint density at radius 3 is 2.56 bits per heavy atom. The lowest BCUT2D eigenvalue weighted by Gasteiger charge is -2.02. The van der Waals surface area contributed by atoms with Crippen molar-refractivity contribution in [3.05, 3.63) is 47.8 Å². The second-order valence-electron chi connectivity index (χ2n) is 3.85. The molecule has 1 heterocycles. The summed E-state index contributed by atoms with van der Waals surface area (Å²) in [5, 5.41) is 4.32. The van der Waals surface area contributed by atoms with Crippen LogP contribution in [0.5, 0.6) is 0 Å². The number of hydrogen-bond acceptors (Lipinski definition) is 2. The zero-order chi connectivity index (χ0) is 11.4. The maximum absolute atomic E-state index is 5.51. The Kier molecular flexibility index (Phi) is 3.37. The minimum atomic E-state index is 0.667. The molecule has 0 unspecified atom stereocenters. The van der Waals surface area contributed by atoms with Gasteiger partial charge in [0.15, 0.2) is 0 Å². The zero-order valence-corrected chi connectivity index (χ0v) is 9.56. The quantitative estimate of drug-likeness (QED) is 0.847. The minimum absolute atomic E-state index is 0.667. The van der Waals surface area contributed by atoms with E-state index in [9.17, 15) is 0 Å². The van der Waals surface area contributed by atoms with Crippen molar-refractivity contribution >= 4 is 0 Å². The van der Waals surface area contributed by atoms with Crippen LogP contribution >= 0.6 is 0 Å². The highest BCUT2D eigenvalue weighted by molar-refractivity contribution is 5.34. The molecule has 0 atom stereocenters. The highest BCUT2D eigenvalue weighted by atomic mass is 15.3. The molecule has 0 saturated carbocycles. The Morgan fingerprint density at radius 2 is 1.94 bits per heavy atom.